The van der Waals surface area contributed by atoms with E-state index in [0.29, 0.717) is 55.0 Å². The molecule has 0 spiro atoms. The van der Waals surface area contributed by atoms with Crippen LogP contribution in [0.15, 0.2) is 48.6 Å². The number of hydrogen-bond donors (Lipinski definition) is 10. The standard InChI is InChI=1S/C14H19N2O8.C14H15N2O8.C13H13N2O8.6C2H6S.3C2H5.21Y/c2*1-2-3-9(18)14(8-17,15-10(19)4-6-12(21)22)16-11(20)5-7-13(23)24;1-2-3-10(18)15(11(19)5-7-13(22)23)14(8-16)9(17)4-6-12(20)21;6*1-3-2;3*1-2;;;;;;;;;;;;;;;;;;;;;/h2-7H2,1H3,(H,15,19)(H,16,20)(H,21,22)(H,23,24);4-7H,2-3H2,1H3,(H,15,19)(H,16,20)(H,21,22)(H,23,24);4-7H,2-3H2,1H3,(H,20,21)(H,22,23);6*1-2H3;3*1H2,2H3;;;;;;;;;;;;;;;;;;;;;/q3*-1;;;;;;;3*-1;;;;;;;;;;;;;;;;;;;;;/b;2*6-4-,7-5-;;;;;;;;;;;;;;;;;;;;;;;;;;;;;;. The van der Waals surface area contributed by atoms with Crippen LogP contribution in [-0.2, 0) is 773 Å². The zero-order valence-corrected chi connectivity index (χ0v) is 134. The summed E-state index contributed by atoms with van der Waals surface area (Å²) in [4.78, 5) is 202. The number of imide groups is 2. The van der Waals surface area contributed by atoms with Crippen LogP contribution in [0.1, 0.15) is 106 Å². The van der Waals surface area contributed by atoms with E-state index in [4.69, 9.17) is 30.6 Å². The Hall–Kier alpha value is 15.9. The third-order valence-electron chi connectivity index (χ3n) is 7.40. The van der Waals surface area contributed by atoms with E-state index < -0.39 is 126 Å². The van der Waals surface area contributed by atoms with Gasteiger partial charge in [0.2, 0.25) is 29.5 Å². The van der Waals surface area contributed by atoms with Crippen LogP contribution in [0.5, 0.6) is 0 Å². The third-order valence-corrected chi connectivity index (χ3v) is 7.40. The molecule has 0 aliphatic rings. The van der Waals surface area contributed by atoms with Gasteiger partial charge < -0.3 is 96.9 Å². The van der Waals surface area contributed by atoms with Crippen molar-refractivity contribution in [3.05, 3.63) is 69.4 Å². The fourth-order valence-corrected chi connectivity index (χ4v) is 4.38. The molecule has 0 saturated carbocycles. The number of hydrogen-bond acceptors (Lipinski definition) is 24. The minimum Gasteiger partial charge on any atom is -0.537 e. The van der Waals surface area contributed by atoms with Gasteiger partial charge in [-0.1, -0.05) is 26.8 Å². The summed E-state index contributed by atoms with van der Waals surface area (Å²) in [5.41, 5.74) is -5.02. The molecular formula is C59H98N6O24S6Y21-6. The van der Waals surface area contributed by atoms with Gasteiger partial charge in [0.25, 0.3) is 5.91 Å². The summed E-state index contributed by atoms with van der Waals surface area (Å²) in [6, 6.07) is 0. The molecule has 0 aliphatic carbocycles. The molecule has 21 radical (unpaired) electrons. The minimum absolute atomic E-state index is 0. The van der Waals surface area contributed by atoms with Gasteiger partial charge >= 0.3 is 35.8 Å². The molecule has 0 fully saturated rings. The van der Waals surface area contributed by atoms with Crippen LogP contribution in [0.3, 0.4) is 0 Å². The fourth-order valence-electron chi connectivity index (χ4n) is 4.38. The summed E-state index contributed by atoms with van der Waals surface area (Å²) in [5, 5.41) is 58.5. The fraction of sp³-hybridized carbons (Fsp3) is 0.508. The van der Waals surface area contributed by atoms with Gasteiger partial charge in [0.05, 0.1) is 30.6 Å². The maximum absolute atomic E-state index is 12.1. The van der Waals surface area contributed by atoms with Crippen LogP contribution in [0.2, 0.25) is 0 Å². The van der Waals surface area contributed by atoms with Gasteiger partial charge in [-0.05, 0) is 94.3 Å². The first-order valence-corrected chi connectivity index (χ1v) is 36.7. The van der Waals surface area contributed by atoms with Crippen molar-refractivity contribution in [1.29, 1.82) is 0 Å². The van der Waals surface area contributed by atoms with Gasteiger partial charge in [0, 0.05) is 762 Å². The van der Waals surface area contributed by atoms with E-state index in [1.807, 2.05) is 96.3 Å². The maximum Gasteiger partial charge on any atom is 0.328 e. The molecule has 0 saturated heterocycles. The Morgan fingerprint density at radius 3 is 0.690 bits per heavy atom. The third kappa shape index (κ3) is 175. The van der Waals surface area contributed by atoms with Gasteiger partial charge in [-0.2, -0.15) is 91.3 Å². The summed E-state index contributed by atoms with van der Waals surface area (Å²) >= 11 is 10.5. The van der Waals surface area contributed by atoms with E-state index in [2.05, 4.69) is 20.8 Å². The Morgan fingerprint density at radius 1 is 0.310 bits per heavy atom. The molecule has 0 heterocycles. The van der Waals surface area contributed by atoms with Gasteiger partial charge in [-0.25, -0.2) is 36.8 Å². The molecule has 8 amide bonds. The molecule has 0 bridgehead atoms. The number of thioether (sulfide) groups is 6. The van der Waals surface area contributed by atoms with Crippen molar-refractivity contribution in [3.63, 3.8) is 0 Å². The van der Waals surface area contributed by atoms with E-state index in [9.17, 15) is 86.3 Å². The minimum atomic E-state index is -2.56. The number of aliphatic carboxylic acids is 6. The molecule has 116 heavy (non-hydrogen) atoms. The van der Waals surface area contributed by atoms with Crippen molar-refractivity contribution in [2.75, 3.05) is 75.1 Å². The maximum atomic E-state index is 12.1. The molecule has 10 N–H and O–H groups in total. The van der Waals surface area contributed by atoms with E-state index in [-0.39, 0.29) is 729 Å². The Kier molecular flexibility index (Phi) is 364. The predicted molar refractivity (Wildman–Crippen MR) is 379 cm³/mol. The number of hydrazine groups is 1. The summed E-state index contributed by atoms with van der Waals surface area (Å²) < 4.78 is 0. The molecule has 30 nitrogen and oxygen atoms in total. The van der Waals surface area contributed by atoms with Crippen molar-refractivity contribution in [1.82, 2.24) is 31.3 Å². The second-order valence-corrected chi connectivity index (χ2v) is 20.5. The summed E-state index contributed by atoms with van der Waals surface area (Å²) in [6.07, 6.45) is 29.9. The van der Waals surface area contributed by atoms with Crippen molar-refractivity contribution in [2.24, 2.45) is 0 Å². The zero-order valence-electron chi connectivity index (χ0n) is 69.3. The van der Waals surface area contributed by atoms with Crippen molar-refractivity contribution < 1.29 is 804 Å². The Balaban J connectivity index is -0.0000000233. The average Bonchev–Trinajstić information content (AvgIpc) is 0.841. The Morgan fingerprint density at radius 2 is 0.509 bits per heavy atom. The van der Waals surface area contributed by atoms with Crippen LogP contribution in [0.25, 0.3) is 0 Å². The summed E-state index contributed by atoms with van der Waals surface area (Å²) in [5.74, 6) is -17.9. The Bertz CT molecular complexity index is 2330. The predicted octanol–water partition coefficient (Wildman–Crippen LogP) is 5.38. The normalized spacial score (nSPS) is 7.66. The van der Waals surface area contributed by atoms with Gasteiger partial charge in [0.15, 0.2) is 0 Å². The Labute approximate surface area is 1240 Å². The number of carboxylic acid groups (broad SMARTS) is 6. The first kappa shape index (κ1) is 231. The number of carboxylic acids is 6. The number of amides is 8. The molecule has 0 aliphatic heterocycles. The van der Waals surface area contributed by atoms with Crippen LogP contribution in [0.4, 0.5) is 0 Å². The quantitative estimate of drug-likeness (QED) is 0.0112. The molecule has 57 heteroatoms. The van der Waals surface area contributed by atoms with Crippen molar-refractivity contribution >= 4 is 178 Å². The van der Waals surface area contributed by atoms with Crippen LogP contribution in [0, 0.1) is 20.8 Å². The number of carbonyl (C=O) groups is 15. The van der Waals surface area contributed by atoms with E-state index in [1.54, 1.807) is 112 Å². The molecule has 0 atom stereocenters. The van der Waals surface area contributed by atoms with Crippen LogP contribution < -0.4 is 21.3 Å². The molecule has 0 aromatic carbocycles. The van der Waals surface area contributed by atoms with Crippen molar-refractivity contribution in [2.45, 2.75) is 117 Å². The van der Waals surface area contributed by atoms with Gasteiger partial charge in [-0.15, -0.1) is 0 Å². The first-order chi connectivity index (χ1) is 44.5. The first-order valence-electron chi connectivity index (χ1n) is 26.9. The van der Waals surface area contributed by atoms with Gasteiger partial charge in [0.1, 0.15) is 17.5 Å². The molecule has 0 aromatic heterocycles. The van der Waals surface area contributed by atoms with Gasteiger partial charge in [-0.3, -0.25) is 47.9 Å². The number of Topliss-reactive ketones (excluding diaryl/α,β-unsaturated/α-hetero) is 2. The summed E-state index contributed by atoms with van der Waals surface area (Å²) in [6.45, 7) is 19.8. The second kappa shape index (κ2) is 183. The number of nitrogens with zero attached hydrogens (tertiary/aromatic N) is 2. The molecular weight excluding hydrogens is 3240 g/mol. The smallest absolute Gasteiger partial charge is 0.328 e. The van der Waals surface area contributed by atoms with Crippen LogP contribution in [-0.4, -0.2) is 235 Å². The summed E-state index contributed by atoms with van der Waals surface area (Å²) in [7, 11) is 0. The largest absolute Gasteiger partial charge is 0.537 e. The van der Waals surface area contributed by atoms with E-state index in [1.165, 1.54) is 12.6 Å². The molecule has 0 unspecified atom stereocenters. The second-order valence-electron chi connectivity index (χ2n) is 15.6. The van der Waals surface area contributed by atoms with E-state index in [0.717, 1.165) is 6.41 Å². The van der Waals surface area contributed by atoms with Crippen molar-refractivity contribution in [3.8, 4) is 0 Å². The molecule has 613 valence electrons. The number of ketones is 2. The number of nitrogens with one attached hydrogen (secondary N) is 4. The topological polar surface area (TPSA) is 483 Å². The number of rotatable bonds is 29. The monoisotopic (exact) mass is 3330 g/mol. The SMILES string of the molecule is CCCC(=O)C([C-]=O)(NC(=O)/C=C\C(=O)O)NC(=O)/C=C\C(=O)O.CCCC(=O)C([C-]=O)(NC(=O)CCC(=O)O)NC(=O)CCC(=O)O.CCCC(=O)N(C(=O)/C=C\C(=O)O)N([C-]=O)C(=O)/C=C\C(=O)O.CSC.CSC.CSC.CSC.CSC.CSC.[CH2-]C.[CH2-]C.[CH2-]C.[Y].[Y].[Y].[Y].[Y].[Y].[Y].[Y].[Y].[Y].[Y].[Y].[Y].[Y].[Y].[Y].[Y].[Y].[Y].[Y].[Y]. The average molecular weight is 3330 g/mol. The molecule has 0 rings (SSSR count). The van der Waals surface area contributed by atoms with Crippen LogP contribution >= 0.6 is 70.6 Å². The molecule has 0 aromatic rings. The zero-order chi connectivity index (χ0) is 77.7. The number of carbonyl (C=O) groups excluding carboxylic acids is 12. The van der Waals surface area contributed by atoms with E-state index >= 15 is 0 Å².